The first kappa shape index (κ1) is 25.1. The monoisotopic (exact) mass is 515 g/mol. The van der Waals surface area contributed by atoms with Crippen LogP contribution in [0.4, 0.5) is 11.6 Å². The lowest BCUT2D eigenvalue weighted by atomic mass is 10.1. The average molecular weight is 516 g/mol. The van der Waals surface area contributed by atoms with E-state index >= 15 is 0 Å². The lowest BCUT2D eigenvalue weighted by Crippen LogP contribution is -2.51. The van der Waals surface area contributed by atoms with E-state index in [1.807, 2.05) is 0 Å². The Morgan fingerprint density at radius 2 is 1.69 bits per heavy atom. The van der Waals surface area contributed by atoms with Gasteiger partial charge < -0.3 is 29.9 Å². The van der Waals surface area contributed by atoms with Crippen LogP contribution in [0.1, 0.15) is 5.56 Å². The molecule has 0 aliphatic rings. The second kappa shape index (κ2) is 10.7. The largest absolute Gasteiger partial charge is 0.436 e. The predicted molar refractivity (Wildman–Crippen MR) is 129 cm³/mol. The van der Waals surface area contributed by atoms with Gasteiger partial charge in [0.15, 0.2) is 0 Å². The Morgan fingerprint density at radius 3 is 2.31 bits per heavy atom. The van der Waals surface area contributed by atoms with Crippen molar-refractivity contribution in [3.05, 3.63) is 92.4 Å². The maximum absolute atomic E-state index is 13.3. The number of hydrogen-bond acceptors (Lipinski definition) is 10. The summed E-state index contributed by atoms with van der Waals surface area (Å²) in [5, 5.41) is 36.2. The van der Waals surface area contributed by atoms with Crippen molar-refractivity contribution in [1.82, 2.24) is 19.3 Å². The molecule has 0 bridgehead atoms. The topological polar surface area (TPSA) is 165 Å². The van der Waals surface area contributed by atoms with E-state index in [0.717, 1.165) is 0 Å². The maximum Gasteiger partial charge on any atom is 0.355 e. The molecule has 0 aliphatic carbocycles. The molecule has 2 aromatic carbocycles. The standard InChI is InChI=1S/C23H22ClN5O7/c24-16-3-1-15(2-4-16)11-28-20(26-21(32)29(22(28)33)12-23(34,13-30)14-31)25-17-5-7-18(8-6-17)36-19-9-10-35-27-19/h1-10,30-31,34H,11-14H2,(H,25,26,32). The number of benzene rings is 2. The molecule has 0 spiro atoms. The number of ether oxygens (including phenoxy) is 1. The number of rotatable bonds is 10. The van der Waals surface area contributed by atoms with E-state index < -0.39 is 36.7 Å². The van der Waals surface area contributed by atoms with Crippen molar-refractivity contribution in [2.75, 3.05) is 18.5 Å². The number of nitrogens with zero attached hydrogens (tertiary/aromatic N) is 4. The summed E-state index contributed by atoms with van der Waals surface area (Å²) in [7, 11) is 0. The van der Waals surface area contributed by atoms with Crippen LogP contribution in [0.2, 0.25) is 5.02 Å². The molecule has 188 valence electrons. The lowest BCUT2D eigenvalue weighted by molar-refractivity contribution is -0.0675. The molecule has 2 aromatic heterocycles. The molecule has 0 radical (unpaired) electrons. The van der Waals surface area contributed by atoms with E-state index in [4.69, 9.17) is 20.9 Å². The van der Waals surface area contributed by atoms with Gasteiger partial charge in [0.05, 0.1) is 26.3 Å². The van der Waals surface area contributed by atoms with E-state index in [0.29, 0.717) is 26.6 Å². The molecule has 2 heterocycles. The third-order valence-corrected chi connectivity index (χ3v) is 5.44. The summed E-state index contributed by atoms with van der Waals surface area (Å²) in [6.07, 6.45) is 1.38. The van der Waals surface area contributed by atoms with Gasteiger partial charge in [-0.25, -0.2) is 14.2 Å². The molecule has 4 N–H and O–H groups in total. The molecule has 0 saturated carbocycles. The van der Waals surface area contributed by atoms with Crippen LogP contribution in [0.15, 0.2) is 75.0 Å². The van der Waals surface area contributed by atoms with Gasteiger partial charge in [-0.1, -0.05) is 23.7 Å². The van der Waals surface area contributed by atoms with Crippen molar-refractivity contribution in [1.29, 1.82) is 0 Å². The van der Waals surface area contributed by atoms with E-state index in [-0.39, 0.29) is 18.4 Å². The Labute approximate surface area is 208 Å². The second-order valence-electron chi connectivity index (χ2n) is 7.93. The van der Waals surface area contributed by atoms with Gasteiger partial charge in [-0.05, 0) is 47.1 Å². The molecular formula is C23H22ClN5O7. The summed E-state index contributed by atoms with van der Waals surface area (Å²) < 4.78 is 12.1. The van der Waals surface area contributed by atoms with Crippen LogP contribution in [0, 0.1) is 0 Å². The Morgan fingerprint density at radius 1 is 1.00 bits per heavy atom. The zero-order valence-electron chi connectivity index (χ0n) is 18.7. The Balaban J connectivity index is 1.69. The van der Waals surface area contributed by atoms with Gasteiger partial charge in [0, 0.05) is 16.8 Å². The first-order chi connectivity index (χ1) is 17.3. The quantitative estimate of drug-likeness (QED) is 0.242. The van der Waals surface area contributed by atoms with Crippen molar-refractivity contribution in [2.24, 2.45) is 0 Å². The molecular weight excluding hydrogens is 494 g/mol. The third kappa shape index (κ3) is 5.80. The normalized spacial score (nSPS) is 11.4. The lowest BCUT2D eigenvalue weighted by Gasteiger charge is -2.24. The molecule has 0 saturated heterocycles. The molecule has 0 atom stereocenters. The molecule has 0 unspecified atom stereocenters. The summed E-state index contributed by atoms with van der Waals surface area (Å²) in [4.78, 5) is 30.0. The van der Waals surface area contributed by atoms with E-state index in [2.05, 4.69) is 15.5 Å². The molecule has 0 aliphatic heterocycles. The molecule has 13 heteroatoms. The minimum Gasteiger partial charge on any atom is -0.436 e. The zero-order chi connectivity index (χ0) is 25.7. The van der Waals surface area contributed by atoms with Gasteiger partial charge in [-0.3, -0.25) is 4.57 Å². The highest BCUT2D eigenvalue weighted by Crippen LogP contribution is 2.23. The third-order valence-electron chi connectivity index (χ3n) is 5.19. The van der Waals surface area contributed by atoms with Gasteiger partial charge in [-0.15, -0.1) is 0 Å². The van der Waals surface area contributed by atoms with Crippen LogP contribution in [0.25, 0.3) is 0 Å². The number of aliphatic hydroxyl groups is 3. The van der Waals surface area contributed by atoms with Crippen molar-refractivity contribution in [2.45, 2.75) is 18.7 Å². The number of halogens is 1. The smallest absolute Gasteiger partial charge is 0.355 e. The maximum atomic E-state index is 13.3. The molecule has 4 rings (SSSR count). The first-order valence-corrected chi connectivity index (χ1v) is 11.0. The Hall–Kier alpha value is -3.97. The number of aliphatic hydroxyl groups excluding tert-OH is 2. The Bertz CT molecular complexity index is 1410. The van der Waals surface area contributed by atoms with Crippen LogP contribution in [-0.4, -0.2) is 53.4 Å². The summed E-state index contributed by atoms with van der Waals surface area (Å²) in [5.41, 5.74) is -2.68. The summed E-state index contributed by atoms with van der Waals surface area (Å²) in [6, 6.07) is 14.9. The first-order valence-electron chi connectivity index (χ1n) is 10.7. The van der Waals surface area contributed by atoms with Crippen LogP contribution in [-0.2, 0) is 13.1 Å². The van der Waals surface area contributed by atoms with E-state index in [1.165, 1.54) is 10.8 Å². The van der Waals surface area contributed by atoms with Gasteiger partial charge in [0.25, 0.3) is 5.88 Å². The van der Waals surface area contributed by atoms with Crippen molar-refractivity contribution in [3.63, 3.8) is 0 Å². The van der Waals surface area contributed by atoms with Crippen molar-refractivity contribution >= 4 is 23.2 Å². The second-order valence-corrected chi connectivity index (χ2v) is 8.37. The number of hydrogen-bond donors (Lipinski definition) is 4. The van der Waals surface area contributed by atoms with E-state index in [9.17, 15) is 24.9 Å². The molecule has 4 aromatic rings. The fourth-order valence-electron chi connectivity index (χ4n) is 3.23. The number of nitrogens with one attached hydrogen (secondary N) is 1. The highest BCUT2D eigenvalue weighted by molar-refractivity contribution is 6.30. The highest BCUT2D eigenvalue weighted by Gasteiger charge is 2.28. The van der Waals surface area contributed by atoms with Gasteiger partial charge in [0.2, 0.25) is 5.95 Å². The highest BCUT2D eigenvalue weighted by atomic mass is 35.5. The van der Waals surface area contributed by atoms with E-state index in [1.54, 1.807) is 54.6 Å². The van der Waals surface area contributed by atoms with Gasteiger partial charge >= 0.3 is 11.4 Å². The molecule has 0 amide bonds. The summed E-state index contributed by atoms with van der Waals surface area (Å²) in [5.74, 6) is 0.699. The van der Waals surface area contributed by atoms with Crippen molar-refractivity contribution in [3.8, 4) is 11.6 Å². The fraction of sp³-hybridized carbons (Fsp3) is 0.217. The fourth-order valence-corrected chi connectivity index (χ4v) is 3.36. The Kier molecular flexibility index (Phi) is 7.50. The number of aromatic nitrogens is 4. The predicted octanol–water partition coefficient (Wildman–Crippen LogP) is 1.35. The molecule has 12 nitrogen and oxygen atoms in total. The van der Waals surface area contributed by atoms with Crippen LogP contribution >= 0.6 is 11.6 Å². The number of anilines is 2. The minimum atomic E-state index is -2.09. The molecule has 0 fully saturated rings. The van der Waals surface area contributed by atoms with Crippen molar-refractivity contribution < 1.29 is 24.6 Å². The van der Waals surface area contributed by atoms with Crippen LogP contribution in [0.5, 0.6) is 11.6 Å². The van der Waals surface area contributed by atoms with Crippen LogP contribution in [0.3, 0.4) is 0 Å². The van der Waals surface area contributed by atoms with Gasteiger partial charge in [-0.2, -0.15) is 4.98 Å². The van der Waals surface area contributed by atoms with Gasteiger partial charge in [0.1, 0.15) is 17.6 Å². The van der Waals surface area contributed by atoms with Crippen LogP contribution < -0.4 is 21.4 Å². The zero-order valence-corrected chi connectivity index (χ0v) is 19.5. The summed E-state index contributed by atoms with van der Waals surface area (Å²) >= 11 is 5.96. The average Bonchev–Trinajstić information content (AvgIpc) is 3.39. The minimum absolute atomic E-state index is 0.00957. The molecule has 36 heavy (non-hydrogen) atoms. The summed E-state index contributed by atoms with van der Waals surface area (Å²) in [6.45, 7) is -2.38. The SMILES string of the molecule is O=c1nc(Nc2ccc(Oc3ccon3)cc2)n(Cc2ccc(Cl)cc2)c(=O)n1CC(O)(CO)CO.